The number of nitrogens with two attached hydrogens (primary N) is 1. The van der Waals surface area contributed by atoms with Gasteiger partial charge >= 0.3 is 6.03 Å². The molecule has 1 heterocycles. The number of aromatic amines is 1. The van der Waals surface area contributed by atoms with Gasteiger partial charge in [0.1, 0.15) is 0 Å². The number of urea groups is 1. The number of primary amides is 1. The highest BCUT2D eigenvalue weighted by Gasteiger charge is 2.12. The summed E-state index contributed by atoms with van der Waals surface area (Å²) < 4.78 is 0. The van der Waals surface area contributed by atoms with Gasteiger partial charge < -0.3 is 26.7 Å². The van der Waals surface area contributed by atoms with Crippen LogP contribution in [0.5, 0.6) is 0 Å². The maximum absolute atomic E-state index is 12.7. The van der Waals surface area contributed by atoms with Crippen molar-refractivity contribution in [3.63, 3.8) is 0 Å². The van der Waals surface area contributed by atoms with Crippen molar-refractivity contribution in [1.82, 2.24) is 10.3 Å². The summed E-state index contributed by atoms with van der Waals surface area (Å²) in [7, 11) is 0. The van der Waals surface area contributed by atoms with Crippen LogP contribution < -0.4 is 27.2 Å². The van der Waals surface area contributed by atoms with Crippen molar-refractivity contribution in [1.29, 1.82) is 0 Å². The molecule has 1 aromatic heterocycles. The number of hydrogen-bond acceptors (Lipinski definition) is 4. The number of aromatic nitrogens is 1. The third-order valence-electron chi connectivity index (χ3n) is 4.09. The van der Waals surface area contributed by atoms with Crippen molar-refractivity contribution in [3.05, 3.63) is 70.6 Å². The highest BCUT2D eigenvalue weighted by molar-refractivity contribution is 6.12. The van der Waals surface area contributed by atoms with Gasteiger partial charge in [-0.25, -0.2) is 4.79 Å². The molecule has 9 heteroatoms. The average Bonchev–Trinajstić information content (AvgIpc) is 2.68. The fourth-order valence-corrected chi connectivity index (χ4v) is 2.74. The molecule has 4 amide bonds. The summed E-state index contributed by atoms with van der Waals surface area (Å²) >= 11 is 0. The zero-order chi connectivity index (χ0) is 20.8. The normalized spacial score (nSPS) is 10.3. The molecule has 0 unspecified atom stereocenters. The van der Waals surface area contributed by atoms with E-state index < -0.39 is 17.8 Å². The van der Waals surface area contributed by atoms with Crippen LogP contribution in [0.15, 0.2) is 59.5 Å². The van der Waals surface area contributed by atoms with E-state index >= 15 is 0 Å². The van der Waals surface area contributed by atoms with E-state index in [4.69, 9.17) is 5.73 Å². The number of pyridine rings is 1. The van der Waals surface area contributed by atoms with Crippen molar-refractivity contribution < 1.29 is 14.4 Å². The van der Waals surface area contributed by atoms with E-state index in [9.17, 15) is 19.2 Å². The first-order chi connectivity index (χ1) is 13.9. The number of anilines is 2. The number of amides is 4. The van der Waals surface area contributed by atoms with E-state index in [1.807, 2.05) is 0 Å². The number of carbonyl (C=O) groups excluding carboxylic acids is 3. The van der Waals surface area contributed by atoms with E-state index in [0.717, 1.165) is 0 Å². The molecule has 2 aromatic carbocycles. The molecule has 29 heavy (non-hydrogen) atoms. The maximum Gasteiger partial charge on any atom is 0.319 e. The zero-order valence-electron chi connectivity index (χ0n) is 15.3. The standard InChI is InChI=1S/C20H19N5O4/c21-17(26)8-9-22-20(29)25-13-5-3-4-12(10-13)24-19(28)16-11-23-18(27)15-7-2-1-6-14(15)16/h1-7,10-11H,8-9H2,(H2,21,26)(H,23,27)(H,24,28)(H2,22,25,29). The summed E-state index contributed by atoms with van der Waals surface area (Å²) in [5.74, 6) is -0.912. The number of benzene rings is 2. The number of hydrogen-bond donors (Lipinski definition) is 5. The third kappa shape index (κ3) is 4.98. The minimum Gasteiger partial charge on any atom is -0.370 e. The first-order valence-electron chi connectivity index (χ1n) is 8.79. The smallest absolute Gasteiger partial charge is 0.319 e. The Morgan fingerprint density at radius 3 is 2.34 bits per heavy atom. The highest BCUT2D eigenvalue weighted by atomic mass is 16.2. The SMILES string of the molecule is NC(=O)CCNC(=O)Nc1cccc(NC(=O)c2c[nH]c(=O)c3ccccc23)c1. The average molecular weight is 393 g/mol. The Morgan fingerprint density at radius 1 is 0.931 bits per heavy atom. The Morgan fingerprint density at radius 2 is 1.62 bits per heavy atom. The molecule has 0 spiro atoms. The summed E-state index contributed by atoms with van der Waals surface area (Å²) in [6, 6.07) is 12.9. The fourth-order valence-electron chi connectivity index (χ4n) is 2.74. The summed E-state index contributed by atoms with van der Waals surface area (Å²) in [5.41, 5.74) is 5.98. The molecule has 0 atom stereocenters. The van der Waals surface area contributed by atoms with E-state index in [-0.39, 0.29) is 18.5 Å². The molecule has 0 saturated heterocycles. The van der Waals surface area contributed by atoms with E-state index in [0.29, 0.717) is 27.7 Å². The van der Waals surface area contributed by atoms with Gasteiger partial charge in [-0.05, 0) is 24.3 Å². The zero-order valence-corrected chi connectivity index (χ0v) is 15.3. The van der Waals surface area contributed by atoms with Crippen LogP contribution in [0.3, 0.4) is 0 Å². The number of rotatable bonds is 6. The van der Waals surface area contributed by atoms with Gasteiger partial charge in [-0.15, -0.1) is 0 Å². The summed E-state index contributed by atoms with van der Waals surface area (Å²) in [6.45, 7) is 0.122. The van der Waals surface area contributed by atoms with Gasteiger partial charge in [-0.1, -0.05) is 24.3 Å². The molecule has 0 aliphatic rings. The molecule has 9 nitrogen and oxygen atoms in total. The van der Waals surface area contributed by atoms with Gasteiger partial charge in [0.05, 0.1) is 5.56 Å². The van der Waals surface area contributed by atoms with Crippen molar-refractivity contribution in [2.75, 3.05) is 17.2 Å². The fraction of sp³-hybridized carbons (Fsp3) is 0.100. The first-order valence-corrected chi connectivity index (χ1v) is 8.79. The van der Waals surface area contributed by atoms with Crippen molar-refractivity contribution in [2.24, 2.45) is 5.73 Å². The largest absolute Gasteiger partial charge is 0.370 e. The Balaban J connectivity index is 1.71. The lowest BCUT2D eigenvalue weighted by atomic mass is 10.1. The number of H-pyrrole nitrogens is 1. The predicted octanol–water partition coefficient (Wildman–Crippen LogP) is 1.78. The van der Waals surface area contributed by atoms with E-state index in [1.54, 1.807) is 48.5 Å². The highest BCUT2D eigenvalue weighted by Crippen LogP contribution is 2.19. The monoisotopic (exact) mass is 393 g/mol. The maximum atomic E-state index is 12.7. The number of nitrogens with one attached hydrogen (secondary N) is 4. The van der Waals surface area contributed by atoms with Gasteiger partial charge in [-0.3, -0.25) is 14.4 Å². The van der Waals surface area contributed by atoms with Crippen LogP contribution in [0, 0.1) is 0 Å². The second-order valence-corrected chi connectivity index (χ2v) is 6.21. The van der Waals surface area contributed by atoms with E-state index in [2.05, 4.69) is 20.9 Å². The molecule has 148 valence electrons. The van der Waals surface area contributed by atoms with Gasteiger partial charge in [0.2, 0.25) is 5.91 Å². The molecule has 0 bridgehead atoms. The first kappa shape index (κ1) is 19.6. The molecule has 0 radical (unpaired) electrons. The van der Waals surface area contributed by atoms with E-state index in [1.165, 1.54) is 6.20 Å². The van der Waals surface area contributed by atoms with Crippen LogP contribution in [-0.2, 0) is 4.79 Å². The quantitative estimate of drug-likeness (QED) is 0.434. The minimum atomic E-state index is -0.509. The Bertz CT molecular complexity index is 1140. The second-order valence-electron chi connectivity index (χ2n) is 6.21. The van der Waals surface area contributed by atoms with Crippen LogP contribution in [0.1, 0.15) is 16.8 Å². The molecule has 3 rings (SSSR count). The topological polar surface area (TPSA) is 146 Å². The van der Waals surface area contributed by atoms with Crippen LogP contribution in [0.2, 0.25) is 0 Å². The van der Waals surface area contributed by atoms with Crippen molar-refractivity contribution >= 4 is 40.0 Å². The summed E-state index contributed by atoms with van der Waals surface area (Å²) in [6.07, 6.45) is 1.41. The van der Waals surface area contributed by atoms with Gasteiger partial charge in [0, 0.05) is 41.3 Å². The van der Waals surface area contributed by atoms with Gasteiger partial charge in [0.15, 0.2) is 0 Å². The Labute approximate surface area is 165 Å². The molecule has 0 aliphatic carbocycles. The minimum absolute atomic E-state index is 0.0383. The molecule has 0 fully saturated rings. The lowest BCUT2D eigenvalue weighted by molar-refractivity contribution is -0.117. The molecular formula is C20H19N5O4. The van der Waals surface area contributed by atoms with Crippen molar-refractivity contribution in [3.8, 4) is 0 Å². The Hall–Kier alpha value is -4.14. The van der Waals surface area contributed by atoms with Gasteiger partial charge in [0.25, 0.3) is 11.5 Å². The third-order valence-corrected chi connectivity index (χ3v) is 4.09. The molecule has 0 saturated carbocycles. The lowest BCUT2D eigenvalue weighted by Gasteiger charge is -2.10. The summed E-state index contributed by atoms with van der Waals surface area (Å²) in [4.78, 5) is 49.7. The molecule has 0 aliphatic heterocycles. The molecule has 6 N–H and O–H groups in total. The van der Waals surface area contributed by atoms with Crippen LogP contribution in [0.4, 0.5) is 16.2 Å². The second kappa shape index (κ2) is 8.70. The van der Waals surface area contributed by atoms with Crippen LogP contribution in [0.25, 0.3) is 10.8 Å². The summed E-state index contributed by atoms with van der Waals surface area (Å²) in [5, 5.41) is 8.81. The Kier molecular flexibility index (Phi) is 5.88. The number of carbonyl (C=O) groups is 3. The number of fused-ring (bicyclic) bond motifs is 1. The van der Waals surface area contributed by atoms with Crippen LogP contribution in [-0.4, -0.2) is 29.4 Å². The lowest BCUT2D eigenvalue weighted by Crippen LogP contribution is -2.31. The van der Waals surface area contributed by atoms with Crippen LogP contribution >= 0.6 is 0 Å². The molecule has 3 aromatic rings. The molecular weight excluding hydrogens is 374 g/mol. The van der Waals surface area contributed by atoms with Gasteiger partial charge in [-0.2, -0.15) is 0 Å². The predicted molar refractivity (Wildman–Crippen MR) is 110 cm³/mol. The van der Waals surface area contributed by atoms with Crippen molar-refractivity contribution in [2.45, 2.75) is 6.42 Å².